The number of aromatic nitrogens is 2. The molecule has 7 heteroatoms. The Hall–Kier alpha value is -0.950. The van der Waals surface area contributed by atoms with Crippen LogP contribution in [-0.2, 0) is 12.8 Å². The summed E-state index contributed by atoms with van der Waals surface area (Å²) in [5, 5.41) is 19.8. The number of aliphatic hydroxyl groups excluding tert-OH is 2. The monoisotopic (exact) mass is 327 g/mol. The number of halogens is 1. The summed E-state index contributed by atoms with van der Waals surface area (Å²) >= 11 is 7.76. The molecule has 2 N–H and O–H groups in total. The molecule has 1 aliphatic rings. The van der Waals surface area contributed by atoms with Crippen LogP contribution < -0.4 is 4.90 Å². The Labute approximate surface area is 132 Å². The second kappa shape index (κ2) is 6.44. The van der Waals surface area contributed by atoms with Crippen molar-refractivity contribution in [1.82, 2.24) is 9.97 Å². The highest BCUT2D eigenvalue weighted by molar-refractivity contribution is 7.19. The van der Waals surface area contributed by atoms with Gasteiger partial charge in [0.2, 0.25) is 5.28 Å². The summed E-state index contributed by atoms with van der Waals surface area (Å²) in [5.74, 6) is 0.743. The number of hydrogen-bond acceptors (Lipinski definition) is 6. The molecule has 0 amide bonds. The van der Waals surface area contributed by atoms with E-state index >= 15 is 0 Å². The SMILES string of the molecule is OCCN(CCO)c1nc(Cl)nc2sc3c(c12)CCCC3. The van der Waals surface area contributed by atoms with Crippen molar-refractivity contribution in [2.75, 3.05) is 31.2 Å². The van der Waals surface area contributed by atoms with Gasteiger partial charge < -0.3 is 15.1 Å². The Morgan fingerprint density at radius 1 is 1.10 bits per heavy atom. The molecular weight excluding hydrogens is 310 g/mol. The molecule has 114 valence electrons. The Morgan fingerprint density at radius 2 is 1.81 bits per heavy atom. The lowest BCUT2D eigenvalue weighted by atomic mass is 9.97. The maximum atomic E-state index is 9.26. The van der Waals surface area contributed by atoms with E-state index in [0.29, 0.717) is 13.1 Å². The molecule has 21 heavy (non-hydrogen) atoms. The molecule has 0 fully saturated rings. The summed E-state index contributed by atoms with van der Waals surface area (Å²) in [6.45, 7) is 0.867. The predicted octanol–water partition coefficient (Wildman–Crippen LogP) is 2.01. The standard InChI is InChI=1S/C14H18ClN3O2S/c15-14-16-12(18(5-7-19)6-8-20)11-9-3-1-2-4-10(9)21-13(11)17-14/h19-20H,1-8H2. The van der Waals surface area contributed by atoms with Crippen LogP contribution in [0.4, 0.5) is 5.82 Å². The molecule has 2 aromatic heterocycles. The van der Waals surface area contributed by atoms with Gasteiger partial charge in [-0.3, -0.25) is 0 Å². The Balaban J connectivity index is 2.17. The first-order chi connectivity index (χ1) is 10.2. The molecule has 0 saturated carbocycles. The van der Waals surface area contributed by atoms with Gasteiger partial charge in [0.25, 0.3) is 0 Å². The average molecular weight is 328 g/mol. The molecule has 2 aromatic rings. The van der Waals surface area contributed by atoms with Crippen molar-refractivity contribution in [3.8, 4) is 0 Å². The molecule has 0 atom stereocenters. The van der Waals surface area contributed by atoms with E-state index in [1.54, 1.807) is 11.3 Å². The summed E-state index contributed by atoms with van der Waals surface area (Å²) in [5.41, 5.74) is 1.33. The summed E-state index contributed by atoms with van der Waals surface area (Å²) in [7, 11) is 0. The summed E-state index contributed by atoms with van der Waals surface area (Å²) in [4.78, 5) is 12.9. The highest BCUT2D eigenvalue weighted by Gasteiger charge is 2.23. The van der Waals surface area contributed by atoms with Crippen molar-refractivity contribution >= 4 is 39.0 Å². The van der Waals surface area contributed by atoms with E-state index in [-0.39, 0.29) is 18.5 Å². The normalized spacial score (nSPS) is 14.4. The lowest BCUT2D eigenvalue weighted by Gasteiger charge is -2.23. The highest BCUT2D eigenvalue weighted by atomic mass is 35.5. The first-order valence-electron chi connectivity index (χ1n) is 7.19. The van der Waals surface area contributed by atoms with Crippen molar-refractivity contribution in [1.29, 1.82) is 0 Å². The maximum Gasteiger partial charge on any atom is 0.225 e. The van der Waals surface area contributed by atoms with E-state index in [4.69, 9.17) is 11.6 Å². The second-order valence-electron chi connectivity index (χ2n) is 5.14. The minimum absolute atomic E-state index is 0.00937. The molecule has 0 saturated heterocycles. The number of anilines is 1. The predicted molar refractivity (Wildman–Crippen MR) is 85.5 cm³/mol. The van der Waals surface area contributed by atoms with E-state index in [2.05, 4.69) is 9.97 Å². The van der Waals surface area contributed by atoms with Crippen molar-refractivity contribution in [2.45, 2.75) is 25.7 Å². The zero-order valence-corrected chi connectivity index (χ0v) is 13.3. The average Bonchev–Trinajstić information content (AvgIpc) is 2.84. The number of thiophene rings is 1. The molecule has 2 heterocycles. The van der Waals surface area contributed by atoms with Crippen LogP contribution in [0.1, 0.15) is 23.3 Å². The van der Waals surface area contributed by atoms with E-state index in [1.165, 1.54) is 23.3 Å². The lowest BCUT2D eigenvalue weighted by Crippen LogP contribution is -2.30. The van der Waals surface area contributed by atoms with E-state index in [1.807, 2.05) is 4.90 Å². The number of rotatable bonds is 5. The largest absolute Gasteiger partial charge is 0.395 e. The van der Waals surface area contributed by atoms with Crippen LogP contribution in [0, 0.1) is 0 Å². The molecule has 3 rings (SSSR count). The van der Waals surface area contributed by atoms with Crippen molar-refractivity contribution in [3.63, 3.8) is 0 Å². The minimum atomic E-state index is 0.00937. The molecule has 0 aromatic carbocycles. The van der Waals surface area contributed by atoms with Gasteiger partial charge in [-0.1, -0.05) is 0 Å². The van der Waals surface area contributed by atoms with Gasteiger partial charge in [0.1, 0.15) is 10.6 Å². The molecule has 5 nitrogen and oxygen atoms in total. The number of hydrogen-bond donors (Lipinski definition) is 2. The van der Waals surface area contributed by atoms with E-state index in [0.717, 1.165) is 28.9 Å². The van der Waals surface area contributed by atoms with Gasteiger partial charge >= 0.3 is 0 Å². The van der Waals surface area contributed by atoms with Crippen LogP contribution in [-0.4, -0.2) is 46.5 Å². The molecule has 0 bridgehead atoms. The fourth-order valence-corrected chi connectivity index (χ4v) is 4.38. The van der Waals surface area contributed by atoms with Gasteiger partial charge in [0, 0.05) is 18.0 Å². The number of fused-ring (bicyclic) bond motifs is 3. The first kappa shape index (κ1) is 15.0. The van der Waals surface area contributed by atoms with Crippen LogP contribution in [0.5, 0.6) is 0 Å². The molecule has 0 unspecified atom stereocenters. The van der Waals surface area contributed by atoms with Crippen molar-refractivity contribution in [3.05, 3.63) is 15.7 Å². The third-order valence-electron chi connectivity index (χ3n) is 3.81. The molecular formula is C14H18ClN3O2S. The zero-order valence-electron chi connectivity index (χ0n) is 11.7. The smallest absolute Gasteiger partial charge is 0.225 e. The van der Waals surface area contributed by atoms with Gasteiger partial charge in [-0.05, 0) is 42.8 Å². The van der Waals surface area contributed by atoms with Gasteiger partial charge in [0.15, 0.2) is 0 Å². The van der Waals surface area contributed by atoms with Crippen molar-refractivity contribution in [2.24, 2.45) is 0 Å². The Morgan fingerprint density at radius 3 is 2.52 bits per heavy atom. The number of aliphatic hydroxyl groups is 2. The van der Waals surface area contributed by atoms with Crippen LogP contribution >= 0.6 is 22.9 Å². The number of nitrogens with zero attached hydrogens (tertiary/aromatic N) is 3. The molecule has 0 spiro atoms. The molecule has 1 aliphatic carbocycles. The molecule has 0 radical (unpaired) electrons. The van der Waals surface area contributed by atoms with Gasteiger partial charge in [0.05, 0.1) is 18.6 Å². The van der Waals surface area contributed by atoms with E-state index < -0.39 is 0 Å². The van der Waals surface area contributed by atoms with Gasteiger partial charge in [-0.25, -0.2) is 4.98 Å². The van der Waals surface area contributed by atoms with Crippen LogP contribution in [0.15, 0.2) is 0 Å². The first-order valence-corrected chi connectivity index (χ1v) is 8.38. The second-order valence-corrected chi connectivity index (χ2v) is 6.56. The van der Waals surface area contributed by atoms with Crippen LogP contribution in [0.25, 0.3) is 10.2 Å². The molecule has 0 aliphatic heterocycles. The quantitative estimate of drug-likeness (QED) is 0.822. The summed E-state index contributed by atoms with van der Waals surface area (Å²) < 4.78 is 0. The maximum absolute atomic E-state index is 9.26. The van der Waals surface area contributed by atoms with Gasteiger partial charge in [-0.2, -0.15) is 4.98 Å². The topological polar surface area (TPSA) is 69.5 Å². The minimum Gasteiger partial charge on any atom is -0.395 e. The third kappa shape index (κ3) is 2.85. The Bertz CT molecular complexity index is 641. The summed E-state index contributed by atoms with van der Waals surface area (Å²) in [6.07, 6.45) is 4.53. The fraction of sp³-hybridized carbons (Fsp3) is 0.571. The Kier molecular flexibility index (Phi) is 4.59. The van der Waals surface area contributed by atoms with E-state index in [9.17, 15) is 10.2 Å². The van der Waals surface area contributed by atoms with Crippen molar-refractivity contribution < 1.29 is 10.2 Å². The number of aryl methyl sites for hydroxylation is 2. The van der Waals surface area contributed by atoms with Crippen LogP contribution in [0.3, 0.4) is 0 Å². The summed E-state index contributed by atoms with van der Waals surface area (Å²) in [6, 6.07) is 0. The van der Waals surface area contributed by atoms with Crippen LogP contribution in [0.2, 0.25) is 5.28 Å². The van der Waals surface area contributed by atoms with Gasteiger partial charge in [-0.15, -0.1) is 11.3 Å². The highest BCUT2D eigenvalue weighted by Crippen LogP contribution is 2.40. The lowest BCUT2D eigenvalue weighted by molar-refractivity contribution is 0.281. The zero-order chi connectivity index (χ0) is 14.8. The third-order valence-corrected chi connectivity index (χ3v) is 5.16. The fourth-order valence-electron chi connectivity index (χ4n) is 2.91.